The molecule has 28 heavy (non-hydrogen) atoms. The molecular weight excluding hydrogens is 350 g/mol. The minimum atomic E-state index is -1.43. The summed E-state index contributed by atoms with van der Waals surface area (Å²) in [5.41, 5.74) is 2.07. The van der Waals surface area contributed by atoms with E-state index < -0.39 is 5.60 Å². The summed E-state index contributed by atoms with van der Waals surface area (Å²) in [7, 11) is 3.46. The molecular formula is C23H21N3O2. The Bertz CT molecular complexity index is 1100. The fourth-order valence-electron chi connectivity index (χ4n) is 3.58. The normalized spacial score (nSPS) is 11.5. The summed E-state index contributed by atoms with van der Waals surface area (Å²) < 4.78 is 1.85. The maximum absolute atomic E-state index is 12.0. The molecule has 1 amide bonds. The summed E-state index contributed by atoms with van der Waals surface area (Å²) in [6.07, 6.45) is 0. The average molecular weight is 371 g/mol. The molecule has 0 fully saturated rings. The van der Waals surface area contributed by atoms with Gasteiger partial charge in [-0.05, 0) is 29.3 Å². The Balaban J connectivity index is 1.98. The minimum absolute atomic E-state index is 0.161. The van der Waals surface area contributed by atoms with Gasteiger partial charge in [0, 0.05) is 19.7 Å². The zero-order valence-corrected chi connectivity index (χ0v) is 15.8. The molecule has 0 aliphatic rings. The highest BCUT2D eigenvalue weighted by molar-refractivity contribution is 5.97. The van der Waals surface area contributed by atoms with Gasteiger partial charge in [0.15, 0.2) is 11.4 Å². The van der Waals surface area contributed by atoms with Crippen molar-refractivity contribution in [2.24, 2.45) is 7.05 Å². The van der Waals surface area contributed by atoms with Crippen molar-refractivity contribution in [2.75, 3.05) is 7.05 Å². The second-order valence-corrected chi connectivity index (χ2v) is 6.72. The lowest BCUT2D eigenvalue weighted by atomic mass is 9.85. The SMILES string of the molecule is CNC(=O)c1ccc2nc(C(O)(c3ccccc3)c3ccccc3)n(C)c2c1. The number of imidazole rings is 1. The molecule has 0 spiro atoms. The molecule has 0 aliphatic carbocycles. The Kier molecular flexibility index (Phi) is 4.45. The Hall–Kier alpha value is -3.44. The van der Waals surface area contributed by atoms with Crippen LogP contribution in [0.15, 0.2) is 78.9 Å². The molecule has 0 saturated heterocycles. The summed E-state index contributed by atoms with van der Waals surface area (Å²) >= 11 is 0. The third kappa shape index (κ3) is 2.77. The van der Waals surface area contributed by atoms with Crippen molar-refractivity contribution in [1.82, 2.24) is 14.9 Å². The van der Waals surface area contributed by atoms with Crippen LogP contribution < -0.4 is 5.32 Å². The molecule has 2 N–H and O–H groups in total. The number of rotatable bonds is 4. The van der Waals surface area contributed by atoms with E-state index in [4.69, 9.17) is 4.98 Å². The molecule has 0 saturated carbocycles. The number of carbonyl (C=O) groups is 1. The van der Waals surface area contributed by atoms with Gasteiger partial charge in [-0.15, -0.1) is 0 Å². The number of nitrogens with zero attached hydrogens (tertiary/aromatic N) is 2. The van der Waals surface area contributed by atoms with Crippen molar-refractivity contribution in [2.45, 2.75) is 5.60 Å². The van der Waals surface area contributed by atoms with E-state index in [0.717, 1.165) is 22.2 Å². The number of aryl methyl sites for hydroxylation is 1. The fourth-order valence-corrected chi connectivity index (χ4v) is 3.58. The molecule has 1 aromatic heterocycles. The summed E-state index contributed by atoms with van der Waals surface area (Å²) in [6, 6.07) is 24.3. The second-order valence-electron chi connectivity index (χ2n) is 6.72. The van der Waals surface area contributed by atoms with Crippen molar-refractivity contribution in [3.05, 3.63) is 101 Å². The van der Waals surface area contributed by atoms with Crippen molar-refractivity contribution in [3.8, 4) is 0 Å². The van der Waals surface area contributed by atoms with Gasteiger partial charge in [0.2, 0.25) is 0 Å². The number of benzene rings is 3. The van der Waals surface area contributed by atoms with Crippen LogP contribution in [0.3, 0.4) is 0 Å². The Morgan fingerprint density at radius 3 is 2.07 bits per heavy atom. The minimum Gasteiger partial charge on any atom is -0.373 e. The third-order valence-corrected chi connectivity index (χ3v) is 5.08. The van der Waals surface area contributed by atoms with E-state index in [0.29, 0.717) is 11.4 Å². The largest absolute Gasteiger partial charge is 0.373 e. The van der Waals surface area contributed by atoms with Crippen molar-refractivity contribution >= 4 is 16.9 Å². The molecule has 0 unspecified atom stereocenters. The highest BCUT2D eigenvalue weighted by Crippen LogP contribution is 2.37. The van der Waals surface area contributed by atoms with E-state index in [1.54, 1.807) is 25.2 Å². The number of hydrogen-bond donors (Lipinski definition) is 2. The molecule has 4 aromatic rings. The van der Waals surface area contributed by atoms with Crippen molar-refractivity contribution in [1.29, 1.82) is 0 Å². The van der Waals surface area contributed by atoms with Gasteiger partial charge in [0.1, 0.15) is 0 Å². The maximum Gasteiger partial charge on any atom is 0.251 e. The smallest absolute Gasteiger partial charge is 0.251 e. The summed E-state index contributed by atoms with van der Waals surface area (Å²) in [4.78, 5) is 16.8. The van der Waals surface area contributed by atoms with Gasteiger partial charge >= 0.3 is 0 Å². The molecule has 5 heteroatoms. The van der Waals surface area contributed by atoms with E-state index in [2.05, 4.69) is 5.32 Å². The number of fused-ring (bicyclic) bond motifs is 1. The standard InChI is InChI=1S/C23H21N3O2/c1-24-21(27)16-13-14-19-20(15-16)26(2)22(25-19)23(28,17-9-5-3-6-10-17)18-11-7-4-8-12-18/h3-15,28H,1-2H3,(H,24,27). The lowest BCUT2D eigenvalue weighted by molar-refractivity contribution is 0.0963. The van der Waals surface area contributed by atoms with Crippen LogP contribution in [-0.4, -0.2) is 27.6 Å². The van der Waals surface area contributed by atoms with Crippen LogP contribution in [0.1, 0.15) is 27.3 Å². The summed E-state index contributed by atoms with van der Waals surface area (Å²) in [5.74, 6) is 0.333. The van der Waals surface area contributed by atoms with Crippen LogP contribution in [-0.2, 0) is 12.6 Å². The predicted molar refractivity (Wildman–Crippen MR) is 109 cm³/mol. The number of aliphatic hydroxyl groups is 1. The van der Waals surface area contributed by atoms with E-state index in [1.807, 2.05) is 72.3 Å². The lowest BCUT2D eigenvalue weighted by Crippen LogP contribution is -2.32. The number of carbonyl (C=O) groups excluding carboxylic acids is 1. The van der Waals surface area contributed by atoms with Gasteiger partial charge in [-0.2, -0.15) is 0 Å². The number of hydrogen-bond acceptors (Lipinski definition) is 3. The zero-order valence-electron chi connectivity index (χ0n) is 15.8. The quantitative estimate of drug-likeness (QED) is 0.579. The van der Waals surface area contributed by atoms with Gasteiger partial charge in [-0.25, -0.2) is 4.98 Å². The molecule has 0 bridgehead atoms. The number of amides is 1. The molecule has 140 valence electrons. The second kappa shape index (κ2) is 6.94. The highest BCUT2D eigenvalue weighted by Gasteiger charge is 2.38. The topological polar surface area (TPSA) is 67.2 Å². The van der Waals surface area contributed by atoms with Crippen LogP contribution in [0.25, 0.3) is 11.0 Å². The van der Waals surface area contributed by atoms with Gasteiger partial charge in [-0.3, -0.25) is 4.79 Å². The molecule has 0 atom stereocenters. The zero-order chi connectivity index (χ0) is 19.7. The molecule has 0 radical (unpaired) electrons. The van der Waals surface area contributed by atoms with Crippen molar-refractivity contribution in [3.63, 3.8) is 0 Å². The van der Waals surface area contributed by atoms with Crippen LogP contribution in [0.2, 0.25) is 0 Å². The first-order valence-corrected chi connectivity index (χ1v) is 9.08. The van der Waals surface area contributed by atoms with E-state index >= 15 is 0 Å². The van der Waals surface area contributed by atoms with E-state index in [1.165, 1.54) is 0 Å². The van der Waals surface area contributed by atoms with Gasteiger partial charge in [-0.1, -0.05) is 60.7 Å². The average Bonchev–Trinajstić information content (AvgIpc) is 3.10. The fraction of sp³-hybridized carbons (Fsp3) is 0.130. The Morgan fingerprint density at radius 1 is 0.964 bits per heavy atom. The third-order valence-electron chi connectivity index (χ3n) is 5.08. The summed E-state index contributed by atoms with van der Waals surface area (Å²) in [5, 5.41) is 14.6. The first kappa shape index (κ1) is 17.9. The first-order valence-electron chi connectivity index (χ1n) is 9.08. The monoisotopic (exact) mass is 371 g/mol. The molecule has 1 heterocycles. The Morgan fingerprint density at radius 2 is 1.54 bits per heavy atom. The Labute approximate surface area is 163 Å². The number of aromatic nitrogens is 2. The van der Waals surface area contributed by atoms with Crippen molar-refractivity contribution < 1.29 is 9.90 Å². The predicted octanol–water partition coefficient (Wildman–Crippen LogP) is 3.22. The lowest BCUT2D eigenvalue weighted by Gasteiger charge is -2.29. The maximum atomic E-state index is 12.0. The van der Waals surface area contributed by atoms with Crippen LogP contribution in [0, 0.1) is 0 Å². The molecule has 0 aliphatic heterocycles. The number of nitrogens with one attached hydrogen (secondary N) is 1. The van der Waals surface area contributed by atoms with Crippen LogP contribution >= 0.6 is 0 Å². The molecule has 4 rings (SSSR count). The first-order chi connectivity index (χ1) is 13.6. The molecule has 3 aromatic carbocycles. The molecule has 5 nitrogen and oxygen atoms in total. The van der Waals surface area contributed by atoms with Crippen LogP contribution in [0.5, 0.6) is 0 Å². The van der Waals surface area contributed by atoms with Gasteiger partial charge in [0.25, 0.3) is 5.91 Å². The highest BCUT2D eigenvalue weighted by atomic mass is 16.3. The van der Waals surface area contributed by atoms with E-state index in [9.17, 15) is 9.90 Å². The van der Waals surface area contributed by atoms with Gasteiger partial charge < -0.3 is 15.0 Å². The van der Waals surface area contributed by atoms with Crippen LogP contribution in [0.4, 0.5) is 0 Å². The summed E-state index contributed by atoms with van der Waals surface area (Å²) in [6.45, 7) is 0. The van der Waals surface area contributed by atoms with E-state index in [-0.39, 0.29) is 5.91 Å². The van der Waals surface area contributed by atoms with Gasteiger partial charge in [0.05, 0.1) is 11.0 Å².